The molecule has 1 aliphatic carbocycles. The summed E-state index contributed by atoms with van der Waals surface area (Å²) in [6, 6.07) is 11.4. The van der Waals surface area contributed by atoms with Gasteiger partial charge in [-0.3, -0.25) is 4.90 Å². The van der Waals surface area contributed by atoms with Gasteiger partial charge < -0.3 is 10.0 Å². The van der Waals surface area contributed by atoms with Crippen molar-refractivity contribution in [1.29, 1.82) is 0 Å². The molecule has 4 nitrogen and oxygen atoms in total. The molecule has 0 unspecified atom stereocenters. The van der Waals surface area contributed by atoms with Gasteiger partial charge in [0.15, 0.2) is 0 Å². The van der Waals surface area contributed by atoms with E-state index in [0.717, 1.165) is 37.5 Å². The van der Waals surface area contributed by atoms with Crippen molar-refractivity contribution in [2.45, 2.75) is 44.7 Å². The van der Waals surface area contributed by atoms with Crippen LogP contribution in [0.15, 0.2) is 30.3 Å². The summed E-state index contributed by atoms with van der Waals surface area (Å²) in [5, 5.41) is 10.6. The van der Waals surface area contributed by atoms with Gasteiger partial charge in [0, 0.05) is 43.2 Å². The summed E-state index contributed by atoms with van der Waals surface area (Å²) in [5.41, 5.74) is 2.40. The second-order valence-corrected chi connectivity index (χ2v) is 7.14. The number of rotatable bonds is 6. The second-order valence-electron chi connectivity index (χ2n) is 7.14. The topological polar surface area (TPSA) is 39.6 Å². The van der Waals surface area contributed by atoms with Crippen molar-refractivity contribution in [2.24, 2.45) is 0 Å². The van der Waals surface area contributed by atoms with E-state index in [-0.39, 0.29) is 6.61 Å². The molecule has 2 aliphatic rings. The molecular formula is C20H27N3O. The average molecular weight is 325 g/mol. The third-order valence-electron chi connectivity index (χ3n) is 5.26. The van der Waals surface area contributed by atoms with Gasteiger partial charge in [0.2, 0.25) is 0 Å². The molecule has 0 amide bonds. The molecular weight excluding hydrogens is 298 g/mol. The Bertz CT molecular complexity index is 692. The van der Waals surface area contributed by atoms with Crippen LogP contribution in [0.5, 0.6) is 0 Å². The summed E-state index contributed by atoms with van der Waals surface area (Å²) < 4.78 is 0. The first-order valence-corrected chi connectivity index (χ1v) is 9.33. The van der Waals surface area contributed by atoms with Crippen LogP contribution in [0.25, 0.3) is 10.9 Å². The summed E-state index contributed by atoms with van der Waals surface area (Å²) in [6.07, 6.45) is 6.38. The molecule has 24 heavy (non-hydrogen) atoms. The van der Waals surface area contributed by atoms with Gasteiger partial charge in [-0.2, -0.15) is 0 Å². The van der Waals surface area contributed by atoms with Gasteiger partial charge in [0.25, 0.3) is 0 Å². The van der Waals surface area contributed by atoms with Crippen LogP contribution in [0.1, 0.15) is 37.7 Å². The van der Waals surface area contributed by atoms with Crippen molar-refractivity contribution in [2.75, 3.05) is 31.1 Å². The highest BCUT2D eigenvalue weighted by Crippen LogP contribution is 2.32. The molecule has 2 fully saturated rings. The van der Waals surface area contributed by atoms with Crippen LogP contribution in [0.4, 0.5) is 5.82 Å². The summed E-state index contributed by atoms with van der Waals surface area (Å²) in [6.45, 7) is 4.12. The first-order valence-electron chi connectivity index (χ1n) is 9.33. The lowest BCUT2D eigenvalue weighted by Crippen LogP contribution is -2.33. The second kappa shape index (κ2) is 7.08. The van der Waals surface area contributed by atoms with Crippen LogP contribution in [-0.4, -0.2) is 47.3 Å². The van der Waals surface area contributed by atoms with E-state index in [1.165, 1.54) is 43.1 Å². The van der Waals surface area contributed by atoms with E-state index < -0.39 is 0 Å². The van der Waals surface area contributed by atoms with Gasteiger partial charge in [-0.1, -0.05) is 18.2 Å². The zero-order valence-corrected chi connectivity index (χ0v) is 14.3. The maximum Gasteiger partial charge on any atom is 0.133 e. The maximum absolute atomic E-state index is 9.41. The van der Waals surface area contributed by atoms with Crippen LogP contribution in [-0.2, 0) is 6.54 Å². The molecule has 1 saturated carbocycles. The van der Waals surface area contributed by atoms with E-state index in [1.807, 2.05) is 0 Å². The smallest absolute Gasteiger partial charge is 0.133 e. The fourth-order valence-corrected chi connectivity index (χ4v) is 3.82. The minimum absolute atomic E-state index is 0.233. The molecule has 0 radical (unpaired) electrons. The Balaban J connectivity index is 1.69. The van der Waals surface area contributed by atoms with E-state index in [1.54, 1.807) is 0 Å². The van der Waals surface area contributed by atoms with Crippen molar-refractivity contribution in [1.82, 2.24) is 9.88 Å². The monoisotopic (exact) mass is 325 g/mol. The number of aliphatic hydroxyl groups excluding tert-OH is 1. The van der Waals surface area contributed by atoms with Crippen molar-refractivity contribution >= 4 is 16.7 Å². The maximum atomic E-state index is 9.41. The number of nitrogens with zero attached hydrogens (tertiary/aromatic N) is 3. The van der Waals surface area contributed by atoms with Crippen molar-refractivity contribution in [3.63, 3.8) is 0 Å². The van der Waals surface area contributed by atoms with Crippen LogP contribution in [0, 0.1) is 0 Å². The molecule has 2 heterocycles. The first-order chi connectivity index (χ1) is 11.8. The van der Waals surface area contributed by atoms with Crippen LogP contribution >= 0.6 is 0 Å². The number of piperidine rings is 1. The predicted octanol–water partition coefficient (Wildman–Crippen LogP) is 3.18. The molecule has 4 rings (SSSR count). The Hall–Kier alpha value is -1.65. The first kappa shape index (κ1) is 15.9. The van der Waals surface area contributed by atoms with E-state index in [0.29, 0.717) is 6.04 Å². The van der Waals surface area contributed by atoms with Gasteiger partial charge in [0.05, 0.1) is 12.1 Å². The lowest BCUT2D eigenvalue weighted by atomic mass is 10.1. The van der Waals surface area contributed by atoms with Crippen molar-refractivity contribution in [3.05, 3.63) is 35.9 Å². The number of fused-ring (bicyclic) bond motifs is 1. The SMILES string of the molecule is OCCN(Cc1cc2ccccc2nc1N1CCCCC1)C1CC1. The van der Waals surface area contributed by atoms with Gasteiger partial charge in [-0.05, 0) is 44.2 Å². The Morgan fingerprint density at radius 1 is 1.12 bits per heavy atom. The minimum Gasteiger partial charge on any atom is -0.395 e. The fraction of sp³-hybridized carbons (Fsp3) is 0.550. The molecule has 1 aromatic heterocycles. The minimum atomic E-state index is 0.233. The van der Waals surface area contributed by atoms with Crippen LogP contribution in [0.2, 0.25) is 0 Å². The molecule has 1 aliphatic heterocycles. The zero-order valence-electron chi connectivity index (χ0n) is 14.3. The van der Waals surface area contributed by atoms with Crippen molar-refractivity contribution in [3.8, 4) is 0 Å². The van der Waals surface area contributed by atoms with Gasteiger partial charge in [0.1, 0.15) is 5.82 Å². The van der Waals surface area contributed by atoms with Gasteiger partial charge in [-0.15, -0.1) is 0 Å². The number of pyridine rings is 1. The summed E-state index contributed by atoms with van der Waals surface area (Å²) >= 11 is 0. The molecule has 1 saturated heterocycles. The molecule has 0 atom stereocenters. The van der Waals surface area contributed by atoms with E-state index >= 15 is 0 Å². The highest BCUT2D eigenvalue weighted by Gasteiger charge is 2.29. The largest absolute Gasteiger partial charge is 0.395 e. The lowest BCUT2D eigenvalue weighted by Gasteiger charge is -2.31. The number of aromatic nitrogens is 1. The quantitative estimate of drug-likeness (QED) is 0.885. The molecule has 0 spiro atoms. The van der Waals surface area contributed by atoms with E-state index in [2.05, 4.69) is 40.1 Å². The Morgan fingerprint density at radius 3 is 2.67 bits per heavy atom. The molecule has 0 bridgehead atoms. The number of para-hydroxylation sites is 1. The normalized spacial score (nSPS) is 18.5. The van der Waals surface area contributed by atoms with Crippen LogP contribution < -0.4 is 4.90 Å². The number of hydrogen-bond donors (Lipinski definition) is 1. The summed E-state index contributed by atoms with van der Waals surface area (Å²) in [7, 11) is 0. The molecule has 4 heteroatoms. The number of anilines is 1. The predicted molar refractivity (Wildman–Crippen MR) is 98.3 cm³/mol. The summed E-state index contributed by atoms with van der Waals surface area (Å²) in [4.78, 5) is 9.93. The number of aliphatic hydroxyl groups is 1. The third-order valence-corrected chi connectivity index (χ3v) is 5.26. The molecule has 1 N–H and O–H groups in total. The highest BCUT2D eigenvalue weighted by molar-refractivity contribution is 5.81. The zero-order chi connectivity index (χ0) is 16.4. The fourth-order valence-electron chi connectivity index (χ4n) is 3.82. The average Bonchev–Trinajstić information content (AvgIpc) is 3.46. The Morgan fingerprint density at radius 2 is 1.92 bits per heavy atom. The van der Waals surface area contributed by atoms with Crippen LogP contribution in [0.3, 0.4) is 0 Å². The van der Waals surface area contributed by atoms with E-state index in [9.17, 15) is 5.11 Å². The summed E-state index contributed by atoms with van der Waals surface area (Å²) in [5.74, 6) is 1.16. The lowest BCUT2D eigenvalue weighted by molar-refractivity contribution is 0.183. The van der Waals surface area contributed by atoms with Gasteiger partial charge >= 0.3 is 0 Å². The standard InChI is InChI=1S/C20H27N3O/c24-13-12-23(18-8-9-18)15-17-14-16-6-2-3-7-19(16)21-20(17)22-10-4-1-5-11-22/h2-3,6-7,14,18,24H,1,4-5,8-13,15H2. The molecule has 1 aromatic carbocycles. The Kier molecular flexibility index (Phi) is 4.67. The number of hydrogen-bond acceptors (Lipinski definition) is 4. The molecule has 2 aromatic rings. The number of benzene rings is 1. The van der Waals surface area contributed by atoms with E-state index in [4.69, 9.17) is 4.98 Å². The van der Waals surface area contributed by atoms with Crippen molar-refractivity contribution < 1.29 is 5.11 Å². The molecule has 128 valence electrons. The Labute approximate surface area is 144 Å². The third kappa shape index (κ3) is 3.40. The van der Waals surface area contributed by atoms with Gasteiger partial charge in [-0.25, -0.2) is 4.98 Å². The highest BCUT2D eigenvalue weighted by atomic mass is 16.3.